The minimum Gasteiger partial charge on any atom is -0.312 e. The first-order chi connectivity index (χ1) is 13.6. The van der Waals surface area contributed by atoms with Crippen molar-refractivity contribution in [1.29, 1.82) is 0 Å². The maximum Gasteiger partial charge on any atom is 0.227 e. The first-order valence-corrected chi connectivity index (χ1v) is 11.0. The van der Waals surface area contributed by atoms with Gasteiger partial charge in [0, 0.05) is 57.2 Å². The number of hydrogen-bond donors (Lipinski definition) is 0. The third kappa shape index (κ3) is 5.21. The number of unbranched alkanes of at least 4 members (excludes halogenated alkanes) is 1. The molecule has 0 saturated carbocycles. The van der Waals surface area contributed by atoms with E-state index in [-0.39, 0.29) is 11.7 Å². The number of para-hydroxylation sites is 1. The van der Waals surface area contributed by atoms with Crippen molar-refractivity contribution in [1.82, 2.24) is 9.80 Å². The molecule has 154 valence electrons. The highest BCUT2D eigenvalue weighted by Crippen LogP contribution is 2.27. The lowest BCUT2D eigenvalue weighted by atomic mass is 10.1. The molecule has 1 saturated heterocycles. The second kappa shape index (κ2) is 10.2. The highest BCUT2D eigenvalue weighted by Gasteiger charge is 2.26. The third-order valence-corrected chi connectivity index (χ3v) is 6.20. The summed E-state index contributed by atoms with van der Waals surface area (Å²) in [6.45, 7) is 11.0. The first-order valence-electron chi connectivity index (χ1n) is 11.0. The van der Waals surface area contributed by atoms with Crippen molar-refractivity contribution >= 4 is 17.4 Å². The van der Waals surface area contributed by atoms with Crippen LogP contribution < -0.4 is 4.90 Å². The molecule has 28 heavy (non-hydrogen) atoms. The Balaban J connectivity index is 1.45. The minimum absolute atomic E-state index is 0.0804. The molecule has 1 aromatic carbocycles. The molecule has 1 aromatic rings. The van der Waals surface area contributed by atoms with Gasteiger partial charge in [-0.05, 0) is 44.9 Å². The summed E-state index contributed by atoms with van der Waals surface area (Å²) in [5.74, 6) is 0.165. The molecule has 0 aromatic heterocycles. The van der Waals surface area contributed by atoms with Crippen LogP contribution in [0.25, 0.3) is 0 Å². The average Bonchev–Trinajstić information content (AvgIpc) is 2.83. The molecule has 5 nitrogen and oxygen atoms in total. The molecule has 1 fully saturated rings. The van der Waals surface area contributed by atoms with Crippen LogP contribution in [0.1, 0.15) is 62.7 Å². The Bertz CT molecular complexity index is 668. The van der Waals surface area contributed by atoms with Crippen molar-refractivity contribution in [3.05, 3.63) is 29.8 Å². The Morgan fingerprint density at radius 2 is 1.68 bits per heavy atom. The normalized spacial score (nSPS) is 20.1. The second-order valence-electron chi connectivity index (χ2n) is 8.21. The maximum atomic E-state index is 12.5. The van der Waals surface area contributed by atoms with E-state index in [1.54, 1.807) is 0 Å². The number of piperazine rings is 1. The molecule has 2 aliphatic heterocycles. The number of benzene rings is 1. The number of amides is 1. The Morgan fingerprint density at radius 1 is 0.964 bits per heavy atom. The van der Waals surface area contributed by atoms with Gasteiger partial charge in [-0.15, -0.1) is 0 Å². The molecule has 1 unspecified atom stereocenters. The Hall–Kier alpha value is -1.72. The fraction of sp³-hybridized carbons (Fsp3) is 0.652. The molecule has 1 amide bonds. The molecular weight excluding hydrogens is 350 g/mol. The summed E-state index contributed by atoms with van der Waals surface area (Å²) in [5.41, 5.74) is 1.50. The lowest BCUT2D eigenvalue weighted by Crippen LogP contribution is -2.49. The Labute approximate surface area is 169 Å². The van der Waals surface area contributed by atoms with Gasteiger partial charge in [0.15, 0.2) is 5.78 Å². The lowest BCUT2D eigenvalue weighted by molar-refractivity contribution is -0.118. The summed E-state index contributed by atoms with van der Waals surface area (Å²) in [5, 5.41) is 0. The van der Waals surface area contributed by atoms with Gasteiger partial charge in [-0.1, -0.05) is 25.5 Å². The van der Waals surface area contributed by atoms with Crippen LogP contribution in [0, 0.1) is 0 Å². The quantitative estimate of drug-likeness (QED) is 0.642. The molecule has 3 rings (SSSR count). The summed E-state index contributed by atoms with van der Waals surface area (Å²) < 4.78 is 0. The number of Topliss-reactive ketones (excluding diaryl/α,β-unsaturated/α-hetero) is 1. The van der Waals surface area contributed by atoms with Gasteiger partial charge >= 0.3 is 0 Å². The van der Waals surface area contributed by atoms with Crippen LogP contribution in [0.2, 0.25) is 0 Å². The Morgan fingerprint density at radius 3 is 2.43 bits per heavy atom. The Kier molecular flexibility index (Phi) is 7.63. The molecule has 2 heterocycles. The van der Waals surface area contributed by atoms with Crippen molar-refractivity contribution in [2.24, 2.45) is 0 Å². The van der Waals surface area contributed by atoms with Crippen LogP contribution in [-0.2, 0) is 4.79 Å². The van der Waals surface area contributed by atoms with Crippen LogP contribution in [0.5, 0.6) is 0 Å². The van der Waals surface area contributed by atoms with Crippen molar-refractivity contribution in [2.75, 3.05) is 44.2 Å². The van der Waals surface area contributed by atoms with E-state index in [0.29, 0.717) is 31.0 Å². The zero-order valence-electron chi connectivity index (χ0n) is 17.5. The van der Waals surface area contributed by atoms with Gasteiger partial charge < -0.3 is 9.80 Å². The molecule has 1 atom stereocenters. The van der Waals surface area contributed by atoms with Crippen molar-refractivity contribution < 1.29 is 9.59 Å². The SMILES string of the molecule is CCCC(C)N1CCN(CCCCN2C(=O)CCC(=O)c3ccccc32)CC1. The molecule has 0 aliphatic carbocycles. The lowest BCUT2D eigenvalue weighted by Gasteiger charge is -2.38. The highest BCUT2D eigenvalue weighted by molar-refractivity contribution is 6.09. The predicted molar refractivity (Wildman–Crippen MR) is 114 cm³/mol. The average molecular weight is 386 g/mol. The fourth-order valence-electron chi connectivity index (χ4n) is 4.45. The van der Waals surface area contributed by atoms with Gasteiger partial charge in [0.25, 0.3) is 0 Å². The predicted octanol–water partition coefficient (Wildman–Crippen LogP) is 3.58. The zero-order valence-corrected chi connectivity index (χ0v) is 17.5. The maximum absolute atomic E-state index is 12.5. The van der Waals surface area contributed by atoms with Crippen LogP contribution in [0.15, 0.2) is 24.3 Å². The number of ketones is 1. The van der Waals surface area contributed by atoms with Crippen LogP contribution in [0.4, 0.5) is 5.69 Å². The molecular formula is C23H35N3O2. The van der Waals surface area contributed by atoms with Gasteiger partial charge in [-0.3, -0.25) is 14.5 Å². The van der Waals surface area contributed by atoms with E-state index in [0.717, 1.165) is 38.2 Å². The minimum atomic E-state index is 0.0804. The molecule has 5 heteroatoms. The number of nitrogens with zero attached hydrogens (tertiary/aromatic N) is 3. The molecule has 0 spiro atoms. The van der Waals surface area contributed by atoms with E-state index >= 15 is 0 Å². The van der Waals surface area contributed by atoms with E-state index in [1.165, 1.54) is 25.9 Å². The molecule has 0 N–H and O–H groups in total. The number of carbonyl (C=O) groups is 2. The van der Waals surface area contributed by atoms with Gasteiger partial charge in [-0.25, -0.2) is 0 Å². The molecule has 0 bridgehead atoms. The number of carbonyl (C=O) groups excluding carboxylic acids is 2. The van der Waals surface area contributed by atoms with E-state index < -0.39 is 0 Å². The third-order valence-electron chi connectivity index (χ3n) is 6.20. The van der Waals surface area contributed by atoms with E-state index in [1.807, 2.05) is 29.2 Å². The van der Waals surface area contributed by atoms with E-state index in [9.17, 15) is 9.59 Å². The monoisotopic (exact) mass is 385 g/mol. The van der Waals surface area contributed by atoms with Crippen LogP contribution >= 0.6 is 0 Å². The van der Waals surface area contributed by atoms with E-state index in [2.05, 4.69) is 23.6 Å². The standard InChI is InChI=1S/C23H35N3O2/c1-3-8-19(2)25-17-15-24(16-18-25)13-6-7-14-26-21-10-5-4-9-20(21)22(27)11-12-23(26)28/h4-5,9-10,19H,3,6-8,11-18H2,1-2H3. The largest absolute Gasteiger partial charge is 0.312 e. The number of hydrogen-bond acceptors (Lipinski definition) is 4. The van der Waals surface area contributed by atoms with Gasteiger partial charge in [0.2, 0.25) is 5.91 Å². The summed E-state index contributed by atoms with van der Waals surface area (Å²) in [6, 6.07) is 8.25. The number of anilines is 1. The van der Waals surface area contributed by atoms with Crippen molar-refractivity contribution in [3.63, 3.8) is 0 Å². The van der Waals surface area contributed by atoms with Crippen molar-refractivity contribution in [2.45, 2.75) is 58.4 Å². The summed E-state index contributed by atoms with van der Waals surface area (Å²) in [6.07, 6.45) is 5.25. The topological polar surface area (TPSA) is 43.9 Å². The number of fused-ring (bicyclic) bond motifs is 1. The van der Waals surface area contributed by atoms with Gasteiger partial charge in [-0.2, -0.15) is 0 Å². The van der Waals surface area contributed by atoms with Gasteiger partial charge in [0.05, 0.1) is 5.69 Å². The smallest absolute Gasteiger partial charge is 0.227 e. The van der Waals surface area contributed by atoms with Crippen molar-refractivity contribution in [3.8, 4) is 0 Å². The van der Waals surface area contributed by atoms with Crippen LogP contribution in [0.3, 0.4) is 0 Å². The zero-order chi connectivity index (χ0) is 19.9. The summed E-state index contributed by atoms with van der Waals surface area (Å²) >= 11 is 0. The first kappa shape index (κ1) is 21.0. The fourth-order valence-corrected chi connectivity index (χ4v) is 4.45. The second-order valence-corrected chi connectivity index (χ2v) is 8.21. The summed E-state index contributed by atoms with van der Waals surface area (Å²) in [7, 11) is 0. The molecule has 0 radical (unpaired) electrons. The molecule has 2 aliphatic rings. The number of rotatable bonds is 8. The van der Waals surface area contributed by atoms with Crippen LogP contribution in [-0.4, -0.2) is 66.8 Å². The summed E-state index contributed by atoms with van der Waals surface area (Å²) in [4.78, 5) is 31.8. The van der Waals surface area contributed by atoms with Gasteiger partial charge in [0.1, 0.15) is 0 Å². The van der Waals surface area contributed by atoms with E-state index in [4.69, 9.17) is 0 Å². The highest BCUT2D eigenvalue weighted by atomic mass is 16.2.